The molecule has 6 nitrogen and oxygen atoms in total. The average molecular weight is 363 g/mol. The van der Waals surface area contributed by atoms with Crippen LogP contribution in [0.15, 0.2) is 61.2 Å². The van der Waals surface area contributed by atoms with E-state index in [9.17, 15) is 4.79 Å². The summed E-state index contributed by atoms with van der Waals surface area (Å²) in [5.74, 6) is 1.41. The Morgan fingerprint density at radius 2 is 1.93 bits per heavy atom. The van der Waals surface area contributed by atoms with Crippen molar-refractivity contribution < 1.29 is 14.3 Å². The van der Waals surface area contributed by atoms with E-state index in [1.165, 1.54) is 0 Å². The molecule has 2 aromatic carbocycles. The molecule has 1 atom stereocenters. The first-order chi connectivity index (χ1) is 13.2. The molecular weight excluding hydrogens is 342 g/mol. The summed E-state index contributed by atoms with van der Waals surface area (Å²) in [7, 11) is 0. The van der Waals surface area contributed by atoms with E-state index >= 15 is 0 Å². The van der Waals surface area contributed by atoms with Gasteiger partial charge in [0.25, 0.3) is 0 Å². The number of ether oxygens (including phenoxy) is 2. The number of fused-ring (bicyclic) bond motifs is 1. The molecule has 1 unspecified atom stereocenters. The molecule has 0 spiro atoms. The lowest BCUT2D eigenvalue weighted by Crippen LogP contribution is -2.28. The molecule has 6 heteroatoms. The number of carbonyl (C=O) groups excluding carboxylic acids is 1. The Kier molecular flexibility index (Phi) is 4.78. The van der Waals surface area contributed by atoms with Crippen LogP contribution in [-0.4, -0.2) is 28.7 Å². The van der Waals surface area contributed by atoms with Crippen LogP contribution in [0.1, 0.15) is 24.1 Å². The lowest BCUT2D eigenvalue weighted by Gasteiger charge is -2.19. The molecule has 0 aliphatic carbocycles. The van der Waals surface area contributed by atoms with Gasteiger partial charge in [-0.2, -0.15) is 0 Å². The van der Waals surface area contributed by atoms with Crippen molar-refractivity contribution in [3.05, 3.63) is 72.3 Å². The minimum atomic E-state index is -0.0773. The molecule has 0 saturated carbocycles. The van der Waals surface area contributed by atoms with Gasteiger partial charge in [-0.3, -0.25) is 4.79 Å². The van der Waals surface area contributed by atoms with Crippen molar-refractivity contribution in [3.63, 3.8) is 0 Å². The molecule has 0 radical (unpaired) electrons. The molecule has 0 saturated heterocycles. The largest absolute Gasteiger partial charge is 0.486 e. The van der Waals surface area contributed by atoms with Crippen molar-refractivity contribution in [3.8, 4) is 17.2 Å². The molecule has 1 aliphatic rings. The summed E-state index contributed by atoms with van der Waals surface area (Å²) in [6.45, 7) is 3.08. The summed E-state index contributed by atoms with van der Waals surface area (Å²) >= 11 is 0. The number of amides is 1. The first-order valence-corrected chi connectivity index (χ1v) is 8.95. The Morgan fingerprint density at radius 1 is 1.15 bits per heavy atom. The topological polar surface area (TPSA) is 65.4 Å². The smallest absolute Gasteiger partial charge is 0.224 e. The van der Waals surface area contributed by atoms with Gasteiger partial charge in [-0.25, -0.2) is 4.98 Å². The molecule has 2 heterocycles. The van der Waals surface area contributed by atoms with Crippen LogP contribution in [-0.2, 0) is 11.2 Å². The van der Waals surface area contributed by atoms with E-state index in [4.69, 9.17) is 9.47 Å². The van der Waals surface area contributed by atoms with Gasteiger partial charge in [-0.05, 0) is 42.3 Å². The van der Waals surface area contributed by atoms with E-state index in [0.29, 0.717) is 25.4 Å². The van der Waals surface area contributed by atoms with Gasteiger partial charge in [0.2, 0.25) is 5.91 Å². The maximum absolute atomic E-state index is 12.4. The van der Waals surface area contributed by atoms with Crippen molar-refractivity contribution in [1.29, 1.82) is 0 Å². The number of benzene rings is 2. The fourth-order valence-corrected chi connectivity index (χ4v) is 3.11. The molecule has 1 aliphatic heterocycles. The molecular formula is C21H21N3O3. The van der Waals surface area contributed by atoms with Gasteiger partial charge in [0.15, 0.2) is 11.5 Å². The zero-order chi connectivity index (χ0) is 18.6. The minimum Gasteiger partial charge on any atom is -0.486 e. The average Bonchev–Trinajstić information content (AvgIpc) is 3.23. The molecule has 1 amide bonds. The second kappa shape index (κ2) is 7.53. The highest BCUT2D eigenvalue weighted by molar-refractivity contribution is 5.79. The van der Waals surface area contributed by atoms with Crippen molar-refractivity contribution >= 4 is 5.91 Å². The maximum Gasteiger partial charge on any atom is 0.224 e. The van der Waals surface area contributed by atoms with Crippen LogP contribution in [0, 0.1) is 0 Å². The van der Waals surface area contributed by atoms with Gasteiger partial charge < -0.3 is 19.4 Å². The zero-order valence-corrected chi connectivity index (χ0v) is 15.1. The quantitative estimate of drug-likeness (QED) is 0.757. The normalized spacial score (nSPS) is 13.8. The summed E-state index contributed by atoms with van der Waals surface area (Å²) in [6.07, 6.45) is 5.70. The highest BCUT2D eigenvalue weighted by Crippen LogP contribution is 2.30. The van der Waals surface area contributed by atoms with Gasteiger partial charge in [0.1, 0.15) is 13.2 Å². The summed E-state index contributed by atoms with van der Waals surface area (Å²) in [5, 5.41) is 3.05. The summed E-state index contributed by atoms with van der Waals surface area (Å²) < 4.78 is 13.0. The fraction of sp³-hybridized carbons (Fsp3) is 0.238. The van der Waals surface area contributed by atoms with E-state index in [0.717, 1.165) is 22.6 Å². The van der Waals surface area contributed by atoms with Crippen LogP contribution in [0.2, 0.25) is 0 Å². The minimum absolute atomic E-state index is 0.0298. The van der Waals surface area contributed by atoms with Crippen LogP contribution in [0.4, 0.5) is 0 Å². The highest BCUT2D eigenvalue weighted by Gasteiger charge is 2.14. The first-order valence-electron chi connectivity index (χ1n) is 8.95. The zero-order valence-electron chi connectivity index (χ0n) is 15.1. The molecule has 138 valence electrons. The molecule has 4 rings (SSSR count). The van der Waals surface area contributed by atoms with Gasteiger partial charge in [0, 0.05) is 18.1 Å². The van der Waals surface area contributed by atoms with Gasteiger partial charge in [0.05, 0.1) is 18.8 Å². The van der Waals surface area contributed by atoms with Crippen LogP contribution >= 0.6 is 0 Å². The van der Waals surface area contributed by atoms with Crippen molar-refractivity contribution in [1.82, 2.24) is 14.9 Å². The van der Waals surface area contributed by atoms with E-state index in [-0.39, 0.29) is 11.9 Å². The van der Waals surface area contributed by atoms with Gasteiger partial charge in [-0.1, -0.05) is 18.2 Å². The van der Waals surface area contributed by atoms with Crippen LogP contribution in [0.25, 0.3) is 5.69 Å². The standard InChI is InChI=1S/C21H21N3O3/c1-15(17-3-5-18(6-4-17)24-9-8-22-14-24)23-21(25)13-16-2-7-19-20(12-16)27-11-10-26-19/h2-9,12,14-15H,10-11,13H2,1H3,(H,23,25). The third kappa shape index (κ3) is 3.95. The Hall–Kier alpha value is -3.28. The molecule has 3 aromatic rings. The molecule has 1 N–H and O–H groups in total. The second-order valence-electron chi connectivity index (χ2n) is 6.51. The monoisotopic (exact) mass is 363 g/mol. The van der Waals surface area contributed by atoms with E-state index in [2.05, 4.69) is 10.3 Å². The SMILES string of the molecule is CC(NC(=O)Cc1ccc2c(c1)OCCO2)c1ccc(-n2ccnc2)cc1. The van der Waals surface area contributed by atoms with Crippen molar-refractivity contribution in [2.24, 2.45) is 0 Å². The third-order valence-corrected chi connectivity index (χ3v) is 4.54. The number of nitrogens with one attached hydrogen (secondary N) is 1. The number of carbonyl (C=O) groups is 1. The number of aromatic nitrogens is 2. The number of hydrogen-bond acceptors (Lipinski definition) is 4. The molecule has 1 aromatic heterocycles. The van der Waals surface area contributed by atoms with Crippen LogP contribution in [0.3, 0.4) is 0 Å². The first kappa shape index (κ1) is 17.1. The lowest BCUT2D eigenvalue weighted by atomic mass is 10.1. The summed E-state index contributed by atoms with van der Waals surface area (Å²) in [4.78, 5) is 16.5. The van der Waals surface area contributed by atoms with Crippen LogP contribution in [0.5, 0.6) is 11.5 Å². The lowest BCUT2D eigenvalue weighted by molar-refractivity contribution is -0.121. The Morgan fingerprint density at radius 3 is 2.67 bits per heavy atom. The van der Waals surface area contributed by atoms with Crippen molar-refractivity contribution in [2.45, 2.75) is 19.4 Å². The Balaban J connectivity index is 1.37. The van der Waals surface area contributed by atoms with Crippen LogP contribution < -0.4 is 14.8 Å². The Labute approximate surface area is 157 Å². The van der Waals surface area contributed by atoms with E-state index in [1.807, 2.05) is 60.2 Å². The fourth-order valence-electron chi connectivity index (χ4n) is 3.11. The van der Waals surface area contributed by atoms with E-state index < -0.39 is 0 Å². The number of nitrogens with zero attached hydrogens (tertiary/aromatic N) is 2. The highest BCUT2D eigenvalue weighted by atomic mass is 16.6. The van der Waals surface area contributed by atoms with Gasteiger partial charge in [-0.15, -0.1) is 0 Å². The molecule has 27 heavy (non-hydrogen) atoms. The second-order valence-corrected chi connectivity index (χ2v) is 6.51. The van der Waals surface area contributed by atoms with Gasteiger partial charge >= 0.3 is 0 Å². The predicted molar refractivity (Wildman–Crippen MR) is 101 cm³/mol. The maximum atomic E-state index is 12.4. The van der Waals surface area contributed by atoms with Crippen molar-refractivity contribution in [2.75, 3.05) is 13.2 Å². The summed E-state index contributed by atoms with van der Waals surface area (Å²) in [5.41, 5.74) is 2.99. The number of hydrogen-bond donors (Lipinski definition) is 1. The summed E-state index contributed by atoms with van der Waals surface area (Å²) in [6, 6.07) is 13.6. The number of rotatable bonds is 5. The predicted octanol–water partition coefficient (Wildman–Crippen LogP) is 3.06. The molecule has 0 fully saturated rings. The number of imidazole rings is 1. The third-order valence-electron chi connectivity index (χ3n) is 4.54. The molecule has 0 bridgehead atoms. The Bertz CT molecular complexity index is 920. The van der Waals surface area contributed by atoms with E-state index in [1.54, 1.807) is 12.5 Å².